The van der Waals surface area contributed by atoms with E-state index in [1.807, 2.05) is 0 Å². The number of nitriles is 1. The number of para-hydroxylation sites is 2. The predicted octanol–water partition coefficient (Wildman–Crippen LogP) is 3.76. The molecule has 1 heterocycles. The molecule has 1 atom stereocenters. The number of hydrogen-bond acceptors (Lipinski definition) is 3. The van der Waals surface area contributed by atoms with E-state index in [-0.39, 0.29) is 5.82 Å². The molecule has 3 aromatic rings. The number of carbonyl (C=O) groups is 1. The highest BCUT2D eigenvalue weighted by atomic mass is 19.2. The van der Waals surface area contributed by atoms with Gasteiger partial charge in [0.05, 0.1) is 22.7 Å². The molecule has 1 aromatic heterocycles. The molecule has 0 aliphatic carbocycles. The van der Waals surface area contributed by atoms with E-state index in [1.165, 1.54) is 17.7 Å². The molecule has 26 heavy (non-hydrogen) atoms. The van der Waals surface area contributed by atoms with Crippen molar-refractivity contribution in [3.8, 4) is 6.07 Å². The molecule has 4 nitrogen and oxygen atoms in total. The highest BCUT2D eigenvalue weighted by molar-refractivity contribution is 6.03. The van der Waals surface area contributed by atoms with Crippen LogP contribution in [-0.4, -0.2) is 15.3 Å². The van der Waals surface area contributed by atoms with E-state index in [0.717, 1.165) is 0 Å². The van der Waals surface area contributed by atoms with Gasteiger partial charge in [0.1, 0.15) is 5.82 Å². The molecule has 0 aliphatic rings. The third kappa shape index (κ3) is 2.42. The minimum atomic E-state index is -2.38. The number of nitrogens with zero attached hydrogens (tertiary/aromatic N) is 3. The Hall–Kier alpha value is -3.28. The molecule has 132 valence electrons. The zero-order valence-corrected chi connectivity index (χ0v) is 13.0. The van der Waals surface area contributed by atoms with Crippen LogP contribution in [0.3, 0.4) is 0 Å². The average Bonchev–Trinajstić information content (AvgIpc) is 2.96. The molecule has 0 bridgehead atoms. The fraction of sp³-hybridized carbons (Fsp3) is 0.118. The standard InChI is InChI=1S/C17H8F5N3O/c1-25-9-5-3-2-4-8(9)24-17(25)7(6-23)16(26)10-11(18)13(20)15(22)14(21)12(10)19/h2-5,7H,1H3/t7-/m1/s1. The molecule has 3 rings (SSSR count). The van der Waals surface area contributed by atoms with Gasteiger partial charge in [-0.2, -0.15) is 5.26 Å². The minimum absolute atomic E-state index is 0.178. The quantitative estimate of drug-likeness (QED) is 0.307. The van der Waals surface area contributed by atoms with E-state index in [0.29, 0.717) is 11.0 Å². The average molecular weight is 365 g/mol. The molecular weight excluding hydrogens is 357 g/mol. The molecule has 0 unspecified atom stereocenters. The summed E-state index contributed by atoms with van der Waals surface area (Å²) in [6, 6.07) is 8.04. The van der Waals surface area contributed by atoms with E-state index in [1.54, 1.807) is 24.3 Å². The maximum atomic E-state index is 13.9. The Morgan fingerprint density at radius 3 is 2.12 bits per heavy atom. The Bertz CT molecular complexity index is 1070. The summed E-state index contributed by atoms with van der Waals surface area (Å²) >= 11 is 0. The Balaban J connectivity index is 2.20. The molecule has 0 radical (unpaired) electrons. The van der Waals surface area contributed by atoms with Crippen molar-refractivity contribution in [2.45, 2.75) is 5.92 Å². The van der Waals surface area contributed by atoms with E-state index in [2.05, 4.69) is 4.98 Å². The molecule has 0 aliphatic heterocycles. The molecule has 2 aromatic carbocycles. The molecule has 0 saturated carbocycles. The van der Waals surface area contributed by atoms with E-state index >= 15 is 0 Å². The maximum Gasteiger partial charge on any atom is 0.200 e. The number of hydrogen-bond donors (Lipinski definition) is 0. The van der Waals surface area contributed by atoms with Gasteiger partial charge in [-0.1, -0.05) is 12.1 Å². The van der Waals surface area contributed by atoms with Gasteiger partial charge in [-0.05, 0) is 12.1 Å². The lowest BCUT2D eigenvalue weighted by atomic mass is 9.96. The van der Waals surface area contributed by atoms with Gasteiger partial charge in [0.25, 0.3) is 0 Å². The smallest absolute Gasteiger partial charge is 0.200 e. The third-order valence-electron chi connectivity index (χ3n) is 3.93. The maximum absolute atomic E-state index is 13.9. The van der Waals surface area contributed by atoms with Crippen LogP contribution in [0, 0.1) is 40.4 Å². The van der Waals surface area contributed by atoms with Crippen molar-refractivity contribution in [1.29, 1.82) is 5.26 Å². The third-order valence-corrected chi connectivity index (χ3v) is 3.93. The number of ketones is 1. The second-order valence-corrected chi connectivity index (χ2v) is 5.39. The SMILES string of the molecule is Cn1c([C@H](C#N)C(=O)c2c(F)c(F)c(F)c(F)c2F)nc2ccccc21. The Morgan fingerprint density at radius 2 is 1.58 bits per heavy atom. The molecule has 0 saturated heterocycles. The lowest BCUT2D eigenvalue weighted by Gasteiger charge is -2.11. The van der Waals surface area contributed by atoms with Crippen molar-refractivity contribution in [2.24, 2.45) is 7.05 Å². The topological polar surface area (TPSA) is 58.7 Å². The second kappa shape index (κ2) is 6.22. The first-order valence-corrected chi connectivity index (χ1v) is 7.16. The summed E-state index contributed by atoms with van der Waals surface area (Å²) < 4.78 is 69.0. The monoisotopic (exact) mass is 365 g/mol. The number of carbonyl (C=O) groups excluding carboxylic acids is 1. The van der Waals surface area contributed by atoms with E-state index in [9.17, 15) is 32.0 Å². The summed E-state index contributed by atoms with van der Waals surface area (Å²) in [6.07, 6.45) is 0. The number of aryl methyl sites for hydroxylation is 1. The van der Waals surface area contributed by atoms with Gasteiger partial charge in [-0.15, -0.1) is 0 Å². The first-order chi connectivity index (χ1) is 12.3. The summed E-state index contributed by atoms with van der Waals surface area (Å²) in [7, 11) is 1.46. The van der Waals surface area contributed by atoms with Gasteiger partial charge < -0.3 is 4.57 Å². The van der Waals surface area contributed by atoms with Crippen LogP contribution in [0.1, 0.15) is 22.1 Å². The molecular formula is C17H8F5N3O. The van der Waals surface area contributed by atoms with Crippen LogP contribution < -0.4 is 0 Å². The van der Waals surface area contributed by atoms with Crippen molar-refractivity contribution in [1.82, 2.24) is 9.55 Å². The highest BCUT2D eigenvalue weighted by Crippen LogP contribution is 2.29. The van der Waals surface area contributed by atoms with E-state index < -0.39 is 46.4 Å². The Morgan fingerprint density at radius 1 is 1.04 bits per heavy atom. The van der Waals surface area contributed by atoms with Crippen LogP contribution in [0.4, 0.5) is 22.0 Å². The van der Waals surface area contributed by atoms with Crippen LogP contribution in [0.2, 0.25) is 0 Å². The van der Waals surface area contributed by atoms with Crippen LogP contribution >= 0.6 is 0 Å². The van der Waals surface area contributed by atoms with Gasteiger partial charge in [0.2, 0.25) is 5.82 Å². The van der Waals surface area contributed by atoms with Crippen LogP contribution in [-0.2, 0) is 7.05 Å². The predicted molar refractivity (Wildman–Crippen MR) is 79.6 cm³/mol. The van der Waals surface area contributed by atoms with Crippen LogP contribution in [0.25, 0.3) is 11.0 Å². The van der Waals surface area contributed by atoms with Crippen molar-refractivity contribution >= 4 is 16.8 Å². The first-order valence-electron chi connectivity index (χ1n) is 7.16. The van der Waals surface area contributed by atoms with Gasteiger partial charge in [-0.25, -0.2) is 26.9 Å². The van der Waals surface area contributed by atoms with Gasteiger partial charge >= 0.3 is 0 Å². The summed E-state index contributed by atoms with van der Waals surface area (Å²) in [6.45, 7) is 0. The fourth-order valence-corrected chi connectivity index (χ4v) is 2.62. The molecule has 0 fully saturated rings. The second-order valence-electron chi connectivity index (χ2n) is 5.39. The summed E-state index contributed by atoms with van der Waals surface area (Å²) in [4.78, 5) is 16.5. The Labute approximate surface area is 143 Å². The minimum Gasteiger partial charge on any atom is -0.330 e. The van der Waals surface area contributed by atoms with Crippen LogP contribution in [0.5, 0.6) is 0 Å². The lowest BCUT2D eigenvalue weighted by molar-refractivity contribution is 0.0964. The molecule has 0 N–H and O–H groups in total. The normalized spacial score (nSPS) is 12.2. The number of halogens is 5. The Kier molecular flexibility index (Phi) is 4.20. The van der Waals surface area contributed by atoms with Crippen molar-refractivity contribution in [2.75, 3.05) is 0 Å². The van der Waals surface area contributed by atoms with Crippen molar-refractivity contribution < 1.29 is 26.7 Å². The van der Waals surface area contributed by atoms with Crippen molar-refractivity contribution in [3.05, 3.63) is 64.7 Å². The highest BCUT2D eigenvalue weighted by Gasteiger charge is 2.35. The van der Waals surface area contributed by atoms with Crippen LogP contribution in [0.15, 0.2) is 24.3 Å². The summed E-state index contributed by atoms with van der Waals surface area (Å²) in [5, 5.41) is 9.31. The van der Waals surface area contributed by atoms with Gasteiger partial charge in [0.15, 0.2) is 35.0 Å². The zero-order valence-electron chi connectivity index (χ0n) is 13.0. The largest absolute Gasteiger partial charge is 0.330 e. The number of benzene rings is 2. The van der Waals surface area contributed by atoms with Crippen molar-refractivity contribution in [3.63, 3.8) is 0 Å². The molecule has 0 amide bonds. The summed E-state index contributed by atoms with van der Waals surface area (Å²) in [5.74, 6) is -15.1. The molecule has 0 spiro atoms. The summed E-state index contributed by atoms with van der Waals surface area (Å²) in [5.41, 5.74) is -0.747. The number of imidazole rings is 1. The molecule has 9 heteroatoms. The fourth-order valence-electron chi connectivity index (χ4n) is 2.62. The zero-order chi connectivity index (χ0) is 19.2. The van der Waals surface area contributed by atoms with Gasteiger partial charge in [-0.3, -0.25) is 4.79 Å². The lowest BCUT2D eigenvalue weighted by Crippen LogP contribution is -2.20. The number of fused-ring (bicyclic) bond motifs is 1. The number of aromatic nitrogens is 2. The number of rotatable bonds is 3. The van der Waals surface area contributed by atoms with Gasteiger partial charge in [0, 0.05) is 7.05 Å². The first kappa shape index (κ1) is 17.5. The van der Waals surface area contributed by atoms with E-state index in [4.69, 9.17) is 0 Å². The number of Topliss-reactive ketones (excluding diaryl/α,β-unsaturated/α-hetero) is 1.